The van der Waals surface area contributed by atoms with E-state index in [0.29, 0.717) is 6.54 Å². The van der Waals surface area contributed by atoms with Gasteiger partial charge in [0.25, 0.3) is 0 Å². The van der Waals surface area contributed by atoms with Crippen molar-refractivity contribution in [2.75, 3.05) is 13.1 Å². The maximum Gasteiger partial charge on any atom is 0.243 e. The molecule has 5 heteroatoms. The van der Waals surface area contributed by atoms with Crippen molar-refractivity contribution >= 4 is 16.9 Å². The molecule has 1 aliphatic heterocycles. The summed E-state index contributed by atoms with van der Waals surface area (Å²) >= 11 is 0. The van der Waals surface area contributed by atoms with Gasteiger partial charge in [-0.05, 0) is 65.8 Å². The van der Waals surface area contributed by atoms with Crippen LogP contribution < -0.4 is 0 Å². The molecular weight excluding hydrogens is 324 g/mol. The molecule has 142 valence electrons. The number of rotatable bonds is 6. The third-order valence-corrected chi connectivity index (χ3v) is 5.24. The first-order chi connectivity index (χ1) is 12.5. The Bertz CT molecular complexity index is 736. The molecule has 26 heavy (non-hydrogen) atoms. The SMILES string of the molecule is CC(C)N(C(=O)Cn1c(CN2CCCCC2)nc2ccccc21)C(C)C. The lowest BCUT2D eigenvalue weighted by molar-refractivity contribution is -0.135. The number of amides is 1. The van der Waals surface area contributed by atoms with Crippen molar-refractivity contribution in [2.45, 2.75) is 72.1 Å². The van der Waals surface area contributed by atoms with Crippen LogP contribution in [0, 0.1) is 0 Å². The standard InChI is InChI=1S/C21H32N4O/c1-16(2)25(17(3)4)21(26)15-24-19-11-7-6-10-18(19)22-20(24)14-23-12-8-5-9-13-23/h6-7,10-11,16-17H,5,8-9,12-15H2,1-4H3. The molecule has 0 N–H and O–H groups in total. The molecule has 0 saturated carbocycles. The highest BCUT2D eigenvalue weighted by Crippen LogP contribution is 2.20. The van der Waals surface area contributed by atoms with Gasteiger partial charge in [0.1, 0.15) is 12.4 Å². The molecule has 0 unspecified atom stereocenters. The van der Waals surface area contributed by atoms with Crippen molar-refractivity contribution in [3.05, 3.63) is 30.1 Å². The summed E-state index contributed by atoms with van der Waals surface area (Å²) in [5.41, 5.74) is 2.04. The van der Waals surface area contributed by atoms with Crippen molar-refractivity contribution in [3.63, 3.8) is 0 Å². The van der Waals surface area contributed by atoms with Crippen molar-refractivity contribution in [1.82, 2.24) is 19.4 Å². The predicted octanol–water partition coefficient (Wildman–Crippen LogP) is 3.67. The van der Waals surface area contributed by atoms with Gasteiger partial charge in [-0.15, -0.1) is 0 Å². The number of fused-ring (bicyclic) bond motifs is 1. The smallest absolute Gasteiger partial charge is 0.243 e. The second-order valence-electron chi connectivity index (χ2n) is 7.93. The zero-order valence-corrected chi connectivity index (χ0v) is 16.6. The van der Waals surface area contributed by atoms with Crippen LogP contribution in [0.4, 0.5) is 0 Å². The summed E-state index contributed by atoms with van der Waals surface area (Å²) in [6.45, 7) is 11.8. The van der Waals surface area contributed by atoms with Gasteiger partial charge in [-0.25, -0.2) is 4.98 Å². The summed E-state index contributed by atoms with van der Waals surface area (Å²) in [6.07, 6.45) is 3.84. The fourth-order valence-corrected chi connectivity index (χ4v) is 4.13. The Kier molecular flexibility index (Phi) is 5.97. The number of carbonyl (C=O) groups is 1. The fraction of sp³-hybridized carbons (Fsp3) is 0.619. The van der Waals surface area contributed by atoms with Gasteiger partial charge in [-0.2, -0.15) is 0 Å². The molecule has 1 amide bonds. The van der Waals surface area contributed by atoms with Gasteiger partial charge in [-0.3, -0.25) is 9.69 Å². The first-order valence-corrected chi connectivity index (χ1v) is 9.95. The maximum absolute atomic E-state index is 13.0. The van der Waals surface area contributed by atoms with Gasteiger partial charge in [0.05, 0.1) is 17.6 Å². The Morgan fingerprint density at radius 2 is 1.73 bits per heavy atom. The highest BCUT2D eigenvalue weighted by atomic mass is 16.2. The van der Waals surface area contributed by atoms with Crippen LogP contribution in [0.2, 0.25) is 0 Å². The summed E-state index contributed by atoms with van der Waals surface area (Å²) in [6, 6.07) is 8.55. The molecule has 1 aliphatic rings. The number of hydrogen-bond acceptors (Lipinski definition) is 3. The van der Waals surface area contributed by atoms with Gasteiger partial charge in [0.15, 0.2) is 0 Å². The lowest BCUT2D eigenvalue weighted by Gasteiger charge is -2.31. The summed E-state index contributed by atoms with van der Waals surface area (Å²) in [5, 5.41) is 0. The second kappa shape index (κ2) is 8.21. The summed E-state index contributed by atoms with van der Waals surface area (Å²) in [4.78, 5) is 22.3. The molecule has 1 fully saturated rings. The number of hydrogen-bond donors (Lipinski definition) is 0. The van der Waals surface area contributed by atoms with Crippen LogP contribution in [0.5, 0.6) is 0 Å². The molecule has 0 spiro atoms. The second-order valence-corrected chi connectivity index (χ2v) is 7.93. The summed E-state index contributed by atoms with van der Waals surface area (Å²) in [5.74, 6) is 1.17. The lowest BCUT2D eigenvalue weighted by atomic mass is 10.1. The number of nitrogens with zero attached hydrogens (tertiary/aromatic N) is 4. The minimum Gasteiger partial charge on any atom is -0.336 e. The van der Waals surface area contributed by atoms with E-state index in [1.54, 1.807) is 0 Å². The largest absolute Gasteiger partial charge is 0.336 e. The van der Waals surface area contributed by atoms with Crippen LogP contribution in [0.3, 0.4) is 0 Å². The van der Waals surface area contributed by atoms with Crippen molar-refractivity contribution in [1.29, 1.82) is 0 Å². The number of imidazole rings is 1. The van der Waals surface area contributed by atoms with E-state index in [1.165, 1.54) is 19.3 Å². The molecule has 1 saturated heterocycles. The molecule has 0 atom stereocenters. The van der Waals surface area contributed by atoms with Gasteiger partial charge >= 0.3 is 0 Å². The molecule has 0 bridgehead atoms. The average Bonchev–Trinajstić information content (AvgIpc) is 2.92. The van der Waals surface area contributed by atoms with Crippen LogP contribution in [0.25, 0.3) is 11.0 Å². The van der Waals surface area contributed by atoms with Crippen molar-refractivity contribution in [3.8, 4) is 0 Å². The first kappa shape index (κ1) is 18.9. The van der Waals surface area contributed by atoms with Crippen molar-refractivity contribution in [2.24, 2.45) is 0 Å². The Morgan fingerprint density at radius 3 is 2.38 bits per heavy atom. The monoisotopic (exact) mass is 356 g/mol. The summed E-state index contributed by atoms with van der Waals surface area (Å²) in [7, 11) is 0. The number of aromatic nitrogens is 2. The minimum absolute atomic E-state index is 0.165. The van der Waals surface area contributed by atoms with E-state index in [2.05, 4.69) is 43.2 Å². The Balaban J connectivity index is 1.89. The lowest BCUT2D eigenvalue weighted by Crippen LogP contribution is -2.44. The van der Waals surface area contributed by atoms with Crippen molar-refractivity contribution < 1.29 is 4.79 Å². The van der Waals surface area contributed by atoms with Gasteiger partial charge in [0, 0.05) is 12.1 Å². The van der Waals surface area contributed by atoms with Crippen LogP contribution in [-0.4, -0.2) is 50.4 Å². The Hall–Kier alpha value is -1.88. The molecule has 2 aromatic rings. The molecule has 0 radical (unpaired) electrons. The number of piperidine rings is 1. The molecule has 2 heterocycles. The van der Waals surface area contributed by atoms with E-state index in [4.69, 9.17) is 4.98 Å². The zero-order chi connectivity index (χ0) is 18.7. The topological polar surface area (TPSA) is 41.4 Å². The average molecular weight is 357 g/mol. The quantitative estimate of drug-likeness (QED) is 0.793. The maximum atomic E-state index is 13.0. The predicted molar refractivity (Wildman–Crippen MR) is 106 cm³/mol. The fourth-order valence-electron chi connectivity index (χ4n) is 4.13. The van der Waals surface area contributed by atoms with Crippen LogP contribution in [0.15, 0.2) is 24.3 Å². The number of para-hydroxylation sites is 2. The third kappa shape index (κ3) is 4.09. The normalized spacial score (nSPS) is 15.9. The van der Waals surface area contributed by atoms with E-state index in [-0.39, 0.29) is 18.0 Å². The number of benzene rings is 1. The molecule has 0 aliphatic carbocycles. The highest BCUT2D eigenvalue weighted by molar-refractivity contribution is 5.81. The number of likely N-dealkylation sites (tertiary alicyclic amines) is 1. The van der Waals surface area contributed by atoms with Crippen LogP contribution in [-0.2, 0) is 17.9 Å². The van der Waals surface area contributed by atoms with E-state index >= 15 is 0 Å². The van der Waals surface area contributed by atoms with Crippen LogP contribution in [0.1, 0.15) is 52.8 Å². The molecule has 1 aromatic carbocycles. The van der Waals surface area contributed by atoms with Gasteiger partial charge < -0.3 is 9.47 Å². The van der Waals surface area contributed by atoms with E-state index in [9.17, 15) is 4.79 Å². The van der Waals surface area contributed by atoms with E-state index in [0.717, 1.165) is 36.5 Å². The van der Waals surface area contributed by atoms with E-state index < -0.39 is 0 Å². The minimum atomic E-state index is 0.165. The number of carbonyl (C=O) groups excluding carboxylic acids is 1. The third-order valence-electron chi connectivity index (χ3n) is 5.24. The molecule has 1 aromatic heterocycles. The summed E-state index contributed by atoms with van der Waals surface area (Å²) < 4.78 is 2.13. The molecule has 3 rings (SSSR count). The Morgan fingerprint density at radius 1 is 1.08 bits per heavy atom. The van der Waals surface area contributed by atoms with Gasteiger partial charge in [-0.1, -0.05) is 18.6 Å². The van der Waals surface area contributed by atoms with E-state index in [1.807, 2.05) is 23.1 Å². The first-order valence-electron chi connectivity index (χ1n) is 9.95. The zero-order valence-electron chi connectivity index (χ0n) is 16.6. The van der Waals surface area contributed by atoms with Gasteiger partial charge in [0.2, 0.25) is 5.91 Å². The van der Waals surface area contributed by atoms with Crippen LogP contribution >= 0.6 is 0 Å². The molecule has 5 nitrogen and oxygen atoms in total. The molecular formula is C21H32N4O. The highest BCUT2D eigenvalue weighted by Gasteiger charge is 2.23. The Labute approximate surface area is 157 Å².